The minimum absolute atomic E-state index is 0. The molecular weight excluding hydrogens is 487 g/mol. The van der Waals surface area contributed by atoms with Gasteiger partial charge in [0.05, 0.1) is 4.90 Å². The van der Waals surface area contributed by atoms with Crippen molar-refractivity contribution < 1.29 is 42.5 Å². The van der Waals surface area contributed by atoms with Crippen LogP contribution in [-0.2, 0) is 23.0 Å². The van der Waals surface area contributed by atoms with Crippen LogP contribution in [0.2, 0.25) is 0 Å². The van der Waals surface area contributed by atoms with Crippen molar-refractivity contribution in [3.05, 3.63) is 41.5 Å². The number of fused-ring (bicyclic) bond motifs is 1. The summed E-state index contributed by atoms with van der Waals surface area (Å²) in [5, 5.41) is 1.55. The Morgan fingerprint density at radius 3 is 1.51 bits per heavy atom. The maximum Gasteiger partial charge on any atom is 1.00 e. The molecule has 0 aliphatic carbocycles. The Kier molecular flexibility index (Phi) is 19.2. The van der Waals surface area contributed by atoms with Gasteiger partial charge in [-0.2, -0.15) is 0 Å². The third kappa shape index (κ3) is 14.0. The summed E-state index contributed by atoms with van der Waals surface area (Å²) in [6.45, 7) is 4.51. The predicted molar refractivity (Wildman–Crippen MR) is 154 cm³/mol. The van der Waals surface area contributed by atoms with E-state index in [0.717, 1.165) is 31.1 Å². The van der Waals surface area contributed by atoms with E-state index >= 15 is 0 Å². The second kappa shape index (κ2) is 20.5. The monoisotopic (exact) mass is 538 g/mol. The number of benzene rings is 2. The molecule has 0 unspecified atom stereocenters. The molecule has 0 bridgehead atoms. The first-order chi connectivity index (χ1) is 17.5. The maximum absolute atomic E-state index is 11.9. The van der Waals surface area contributed by atoms with Gasteiger partial charge in [0.15, 0.2) is 0 Å². The largest absolute Gasteiger partial charge is 1.00 e. The van der Waals surface area contributed by atoms with Crippen LogP contribution in [0.3, 0.4) is 0 Å². The van der Waals surface area contributed by atoms with E-state index in [1.807, 2.05) is 18.2 Å². The molecule has 0 aliphatic heterocycles. The van der Waals surface area contributed by atoms with E-state index in [-0.39, 0.29) is 34.5 Å². The summed E-state index contributed by atoms with van der Waals surface area (Å²) in [5.74, 6) is 0. The minimum Gasteiger partial charge on any atom is -0.744 e. The molecule has 2 aromatic rings. The fraction of sp³-hybridized carbons (Fsp3) is 0.688. The normalized spacial score (nSPS) is 11.6. The van der Waals surface area contributed by atoms with E-state index in [9.17, 15) is 13.0 Å². The zero-order chi connectivity index (χ0) is 26.1. The number of unbranched alkanes of at least 4 members (excludes halogenated alkanes) is 16. The molecule has 0 radical (unpaired) electrons. The molecule has 2 aromatic carbocycles. The summed E-state index contributed by atoms with van der Waals surface area (Å²) >= 11 is 0. The Labute approximate surface area is 250 Å². The van der Waals surface area contributed by atoms with Gasteiger partial charge in [0.1, 0.15) is 10.1 Å². The molecule has 0 heterocycles. The molecule has 5 heteroatoms. The molecule has 0 saturated heterocycles. The van der Waals surface area contributed by atoms with Gasteiger partial charge in [-0.05, 0) is 53.6 Å². The van der Waals surface area contributed by atoms with Crippen molar-refractivity contribution in [2.75, 3.05) is 0 Å². The number of hydrogen-bond acceptors (Lipinski definition) is 3. The van der Waals surface area contributed by atoms with E-state index in [1.165, 1.54) is 120 Å². The first-order valence-corrected chi connectivity index (χ1v) is 16.4. The summed E-state index contributed by atoms with van der Waals surface area (Å²) < 4.78 is 35.6. The van der Waals surface area contributed by atoms with Gasteiger partial charge in [0.2, 0.25) is 0 Å². The standard InChI is InChI=1S/C32H52O3S.Na/c1-3-5-7-9-11-13-15-17-19-21-28-23-25-30-31(27-28)29(24-26-32(30)36(33,34)35)22-20-18-16-14-12-10-8-6-4-2;/h23-27H,3-22H2,1-2H3,(H,33,34,35);/q;+1/p-1. The van der Waals surface area contributed by atoms with E-state index in [4.69, 9.17) is 0 Å². The molecule has 204 valence electrons. The molecule has 2 rings (SSSR count). The molecule has 0 amide bonds. The van der Waals surface area contributed by atoms with Crippen LogP contribution < -0.4 is 29.6 Å². The third-order valence-electron chi connectivity index (χ3n) is 7.52. The van der Waals surface area contributed by atoms with Crippen LogP contribution in [0.5, 0.6) is 0 Å². The van der Waals surface area contributed by atoms with Crippen LogP contribution in [-0.4, -0.2) is 13.0 Å². The first-order valence-electron chi connectivity index (χ1n) is 15.0. The van der Waals surface area contributed by atoms with Gasteiger partial charge in [-0.25, -0.2) is 8.42 Å². The average molecular weight is 539 g/mol. The molecule has 0 aliphatic rings. The van der Waals surface area contributed by atoms with Crippen LogP contribution in [0.1, 0.15) is 141 Å². The van der Waals surface area contributed by atoms with E-state index in [0.29, 0.717) is 5.39 Å². The van der Waals surface area contributed by atoms with Crippen molar-refractivity contribution in [3.63, 3.8) is 0 Å². The molecule has 0 atom stereocenters. The van der Waals surface area contributed by atoms with Crippen LogP contribution in [0.4, 0.5) is 0 Å². The van der Waals surface area contributed by atoms with Crippen LogP contribution >= 0.6 is 0 Å². The van der Waals surface area contributed by atoms with E-state index in [2.05, 4.69) is 19.9 Å². The van der Waals surface area contributed by atoms with Crippen molar-refractivity contribution >= 4 is 20.9 Å². The Hall–Kier alpha value is -0.390. The quantitative estimate of drug-likeness (QED) is 0.0987. The van der Waals surface area contributed by atoms with Gasteiger partial charge in [0, 0.05) is 0 Å². The number of hydrogen-bond donors (Lipinski definition) is 0. The average Bonchev–Trinajstić information content (AvgIpc) is 2.86. The summed E-state index contributed by atoms with van der Waals surface area (Å²) in [7, 11) is -4.49. The van der Waals surface area contributed by atoms with E-state index < -0.39 is 10.1 Å². The zero-order valence-corrected chi connectivity index (χ0v) is 27.0. The third-order valence-corrected chi connectivity index (χ3v) is 8.41. The molecule has 0 saturated carbocycles. The molecule has 0 spiro atoms. The fourth-order valence-corrected chi connectivity index (χ4v) is 5.97. The Morgan fingerprint density at radius 1 is 0.568 bits per heavy atom. The number of aryl methyl sites for hydroxylation is 2. The van der Waals surface area contributed by atoms with Crippen LogP contribution in [0.15, 0.2) is 35.2 Å². The maximum atomic E-state index is 11.9. The molecule has 37 heavy (non-hydrogen) atoms. The molecule has 0 N–H and O–H groups in total. The van der Waals surface area contributed by atoms with Crippen molar-refractivity contribution in [1.29, 1.82) is 0 Å². The Bertz CT molecular complexity index is 971. The SMILES string of the molecule is CCCCCCCCCCCc1ccc2c(S(=O)(=O)[O-])ccc(CCCCCCCCCCC)c2c1.[Na+]. The smallest absolute Gasteiger partial charge is 0.744 e. The predicted octanol–water partition coefficient (Wildman–Crippen LogP) is 6.89. The molecular formula is C32H51NaO3S. The second-order valence-electron chi connectivity index (χ2n) is 10.7. The van der Waals surface area contributed by atoms with Crippen molar-refractivity contribution in [3.8, 4) is 0 Å². The summed E-state index contributed by atoms with van der Waals surface area (Å²) in [5.41, 5.74) is 2.42. The van der Waals surface area contributed by atoms with Gasteiger partial charge in [0.25, 0.3) is 0 Å². The van der Waals surface area contributed by atoms with Gasteiger partial charge < -0.3 is 4.55 Å². The van der Waals surface area contributed by atoms with E-state index in [1.54, 1.807) is 0 Å². The minimum atomic E-state index is -4.49. The fourth-order valence-electron chi connectivity index (χ4n) is 5.29. The first kappa shape index (κ1) is 34.6. The topological polar surface area (TPSA) is 57.2 Å². The molecule has 3 nitrogen and oxygen atoms in total. The van der Waals surface area contributed by atoms with Gasteiger partial charge >= 0.3 is 29.6 Å². The van der Waals surface area contributed by atoms with Crippen molar-refractivity contribution in [2.24, 2.45) is 0 Å². The Morgan fingerprint density at radius 2 is 1.03 bits per heavy atom. The van der Waals surface area contributed by atoms with Gasteiger partial charge in [-0.3, -0.25) is 0 Å². The summed E-state index contributed by atoms with van der Waals surface area (Å²) in [4.78, 5) is -0.0806. The van der Waals surface area contributed by atoms with Crippen LogP contribution in [0.25, 0.3) is 10.8 Å². The van der Waals surface area contributed by atoms with Crippen molar-refractivity contribution in [1.82, 2.24) is 0 Å². The zero-order valence-electron chi connectivity index (χ0n) is 24.2. The Balaban J connectivity index is 0.00000684. The van der Waals surface area contributed by atoms with Gasteiger partial charge in [-0.1, -0.05) is 141 Å². The summed E-state index contributed by atoms with van der Waals surface area (Å²) in [6, 6.07) is 9.43. The molecule has 0 fully saturated rings. The second-order valence-corrected chi connectivity index (χ2v) is 12.1. The molecule has 0 aromatic heterocycles. The van der Waals surface area contributed by atoms with Gasteiger partial charge in [-0.15, -0.1) is 0 Å². The summed E-state index contributed by atoms with van der Waals surface area (Å²) in [6.07, 6.45) is 25.3. The van der Waals surface area contributed by atoms with Crippen molar-refractivity contribution in [2.45, 2.75) is 147 Å². The number of rotatable bonds is 21. The van der Waals surface area contributed by atoms with Crippen LogP contribution in [0, 0.1) is 0 Å².